The molecule has 0 unspecified atom stereocenters. The van der Waals surface area contributed by atoms with E-state index in [1.54, 1.807) is 0 Å². The maximum absolute atomic E-state index is 9.70. The molecule has 23 heavy (non-hydrogen) atoms. The third kappa shape index (κ3) is 4.54. The summed E-state index contributed by atoms with van der Waals surface area (Å²) in [6.45, 7) is 5.94. The number of aliphatic hydroxyl groups is 1. The summed E-state index contributed by atoms with van der Waals surface area (Å²) in [5, 5.41) is 13.5. The Kier molecular flexibility index (Phi) is 6.06. The standard InChI is InChI=1S/C19H30N2O2/c1-15(20-17-7-9-18(22)10-8-17)19(16-5-3-2-4-6-16)21-11-13-23-14-12-21/h2-6,15,17-20,22H,7-14H2,1H3/t15-,17?,18?,19-/m1/s1. The van der Waals surface area contributed by atoms with Crippen LogP contribution in [0.5, 0.6) is 0 Å². The van der Waals surface area contributed by atoms with Gasteiger partial charge >= 0.3 is 0 Å². The highest BCUT2D eigenvalue weighted by molar-refractivity contribution is 5.21. The number of ether oxygens (including phenoxy) is 1. The number of hydrogen-bond acceptors (Lipinski definition) is 4. The molecule has 3 rings (SSSR count). The Balaban J connectivity index is 1.69. The molecule has 0 amide bonds. The number of benzene rings is 1. The lowest BCUT2D eigenvalue weighted by Gasteiger charge is -2.40. The molecule has 1 saturated carbocycles. The Bertz CT molecular complexity index is 454. The number of hydrogen-bond donors (Lipinski definition) is 2. The Morgan fingerprint density at radius 2 is 1.74 bits per heavy atom. The minimum Gasteiger partial charge on any atom is -0.393 e. The monoisotopic (exact) mass is 318 g/mol. The van der Waals surface area contributed by atoms with Crippen LogP contribution in [0.1, 0.15) is 44.2 Å². The summed E-state index contributed by atoms with van der Waals surface area (Å²) in [5.41, 5.74) is 1.38. The Labute approximate surface area is 139 Å². The van der Waals surface area contributed by atoms with Crippen LogP contribution in [0.15, 0.2) is 30.3 Å². The van der Waals surface area contributed by atoms with Gasteiger partial charge in [-0.15, -0.1) is 0 Å². The molecule has 1 aromatic rings. The van der Waals surface area contributed by atoms with E-state index in [2.05, 4.69) is 47.5 Å². The zero-order valence-corrected chi connectivity index (χ0v) is 14.2. The van der Waals surface area contributed by atoms with Gasteiger partial charge in [0, 0.05) is 25.2 Å². The average Bonchev–Trinajstić information content (AvgIpc) is 2.59. The lowest BCUT2D eigenvalue weighted by molar-refractivity contribution is 0.00656. The van der Waals surface area contributed by atoms with E-state index in [4.69, 9.17) is 4.74 Å². The molecule has 1 aliphatic carbocycles. The highest BCUT2D eigenvalue weighted by Crippen LogP contribution is 2.27. The molecule has 0 bridgehead atoms. The van der Waals surface area contributed by atoms with Crippen LogP contribution in [0.2, 0.25) is 0 Å². The Morgan fingerprint density at radius 3 is 2.39 bits per heavy atom. The van der Waals surface area contributed by atoms with Gasteiger partial charge in [0.25, 0.3) is 0 Å². The molecule has 0 spiro atoms. The van der Waals surface area contributed by atoms with Gasteiger partial charge in [-0.25, -0.2) is 0 Å². The Hall–Kier alpha value is -0.940. The first-order valence-electron chi connectivity index (χ1n) is 9.05. The van der Waals surface area contributed by atoms with Crippen molar-refractivity contribution in [1.29, 1.82) is 0 Å². The van der Waals surface area contributed by atoms with Crippen LogP contribution >= 0.6 is 0 Å². The summed E-state index contributed by atoms with van der Waals surface area (Å²) < 4.78 is 5.54. The maximum Gasteiger partial charge on any atom is 0.0594 e. The zero-order chi connectivity index (χ0) is 16.1. The highest BCUT2D eigenvalue weighted by atomic mass is 16.5. The van der Waals surface area contributed by atoms with Gasteiger partial charge in [0.1, 0.15) is 0 Å². The fourth-order valence-electron chi connectivity index (χ4n) is 4.03. The molecule has 2 atom stereocenters. The van der Waals surface area contributed by atoms with Crippen molar-refractivity contribution in [2.75, 3.05) is 26.3 Å². The molecule has 128 valence electrons. The van der Waals surface area contributed by atoms with E-state index in [1.165, 1.54) is 5.56 Å². The maximum atomic E-state index is 9.70. The van der Waals surface area contributed by atoms with E-state index in [0.717, 1.165) is 52.0 Å². The van der Waals surface area contributed by atoms with E-state index in [1.807, 2.05) is 0 Å². The minimum atomic E-state index is -0.0903. The van der Waals surface area contributed by atoms with E-state index >= 15 is 0 Å². The first-order chi connectivity index (χ1) is 11.2. The van der Waals surface area contributed by atoms with Crippen molar-refractivity contribution in [3.63, 3.8) is 0 Å². The smallest absolute Gasteiger partial charge is 0.0594 e. The van der Waals surface area contributed by atoms with Crippen LogP contribution < -0.4 is 5.32 Å². The molecule has 0 aromatic heterocycles. The van der Waals surface area contributed by atoms with E-state index < -0.39 is 0 Å². The van der Waals surface area contributed by atoms with Gasteiger partial charge in [-0.1, -0.05) is 30.3 Å². The van der Waals surface area contributed by atoms with Gasteiger partial charge in [0.05, 0.1) is 25.4 Å². The van der Waals surface area contributed by atoms with Gasteiger partial charge < -0.3 is 15.2 Å². The van der Waals surface area contributed by atoms with Gasteiger partial charge in [0.2, 0.25) is 0 Å². The van der Waals surface area contributed by atoms with E-state index in [-0.39, 0.29) is 6.10 Å². The van der Waals surface area contributed by atoms with Gasteiger partial charge in [-0.3, -0.25) is 4.90 Å². The SMILES string of the molecule is C[C@@H](NC1CCC(O)CC1)[C@H](c1ccccc1)N1CCOCC1. The van der Waals surface area contributed by atoms with Crippen LogP contribution in [0.4, 0.5) is 0 Å². The van der Waals surface area contributed by atoms with Crippen LogP contribution in [-0.2, 0) is 4.74 Å². The summed E-state index contributed by atoms with van der Waals surface area (Å²) >= 11 is 0. The van der Waals surface area contributed by atoms with Gasteiger partial charge in [0.15, 0.2) is 0 Å². The van der Waals surface area contributed by atoms with Crippen molar-refractivity contribution in [2.45, 2.75) is 56.8 Å². The number of nitrogens with zero attached hydrogens (tertiary/aromatic N) is 1. The molecule has 4 nitrogen and oxygen atoms in total. The van der Waals surface area contributed by atoms with Crippen LogP contribution in [-0.4, -0.2) is 54.5 Å². The second-order valence-corrected chi connectivity index (χ2v) is 6.96. The molecular weight excluding hydrogens is 288 g/mol. The van der Waals surface area contributed by atoms with Crippen molar-refractivity contribution < 1.29 is 9.84 Å². The molecule has 2 N–H and O–H groups in total. The molecule has 2 fully saturated rings. The number of aliphatic hydroxyl groups excluding tert-OH is 1. The fraction of sp³-hybridized carbons (Fsp3) is 0.684. The molecule has 1 aromatic carbocycles. The average molecular weight is 318 g/mol. The number of nitrogens with one attached hydrogen (secondary N) is 1. The minimum absolute atomic E-state index is 0.0903. The Morgan fingerprint density at radius 1 is 1.09 bits per heavy atom. The first-order valence-corrected chi connectivity index (χ1v) is 9.05. The molecule has 2 aliphatic rings. The predicted molar refractivity (Wildman–Crippen MR) is 92.4 cm³/mol. The number of morpholine rings is 1. The molecule has 1 aliphatic heterocycles. The molecule has 4 heteroatoms. The van der Waals surface area contributed by atoms with Crippen LogP contribution in [0.25, 0.3) is 0 Å². The van der Waals surface area contributed by atoms with Crippen LogP contribution in [0.3, 0.4) is 0 Å². The largest absolute Gasteiger partial charge is 0.393 e. The lowest BCUT2D eigenvalue weighted by atomic mass is 9.91. The quantitative estimate of drug-likeness (QED) is 0.875. The zero-order valence-electron chi connectivity index (χ0n) is 14.2. The topological polar surface area (TPSA) is 44.7 Å². The lowest BCUT2D eigenvalue weighted by Crippen LogP contribution is -2.50. The fourth-order valence-corrected chi connectivity index (χ4v) is 4.03. The summed E-state index contributed by atoms with van der Waals surface area (Å²) in [4.78, 5) is 2.55. The molecule has 1 saturated heterocycles. The summed E-state index contributed by atoms with van der Waals surface area (Å²) in [7, 11) is 0. The molecular formula is C19H30N2O2. The molecule has 0 radical (unpaired) electrons. The predicted octanol–water partition coefficient (Wildman–Crippen LogP) is 2.34. The van der Waals surface area contributed by atoms with Crippen molar-refractivity contribution in [1.82, 2.24) is 10.2 Å². The molecule has 1 heterocycles. The second-order valence-electron chi connectivity index (χ2n) is 6.96. The van der Waals surface area contributed by atoms with Crippen molar-refractivity contribution in [2.24, 2.45) is 0 Å². The third-order valence-corrected chi connectivity index (χ3v) is 5.25. The van der Waals surface area contributed by atoms with Crippen molar-refractivity contribution in [3.05, 3.63) is 35.9 Å². The van der Waals surface area contributed by atoms with Crippen LogP contribution in [0, 0.1) is 0 Å². The summed E-state index contributed by atoms with van der Waals surface area (Å²) in [6, 6.07) is 12.1. The highest BCUT2D eigenvalue weighted by Gasteiger charge is 2.30. The van der Waals surface area contributed by atoms with Gasteiger partial charge in [-0.05, 0) is 38.2 Å². The second kappa shape index (κ2) is 8.25. The van der Waals surface area contributed by atoms with Crippen molar-refractivity contribution >= 4 is 0 Å². The first kappa shape index (κ1) is 16.9. The van der Waals surface area contributed by atoms with Crippen molar-refractivity contribution in [3.8, 4) is 0 Å². The third-order valence-electron chi connectivity index (χ3n) is 5.25. The normalized spacial score (nSPS) is 29.1. The summed E-state index contributed by atoms with van der Waals surface area (Å²) in [6.07, 6.45) is 3.93. The number of rotatable bonds is 5. The van der Waals surface area contributed by atoms with E-state index in [0.29, 0.717) is 18.1 Å². The van der Waals surface area contributed by atoms with Gasteiger partial charge in [-0.2, -0.15) is 0 Å². The summed E-state index contributed by atoms with van der Waals surface area (Å²) in [5.74, 6) is 0. The van der Waals surface area contributed by atoms with E-state index in [9.17, 15) is 5.11 Å².